The minimum atomic E-state index is -1.08. The van der Waals surface area contributed by atoms with Crippen molar-refractivity contribution in [3.8, 4) is 11.5 Å². The number of rotatable bonds is 11. The van der Waals surface area contributed by atoms with Gasteiger partial charge in [-0.25, -0.2) is 0 Å². The Bertz CT molecular complexity index is 640. The Morgan fingerprint density at radius 2 is 1.39 bits per heavy atom. The molecule has 0 aliphatic rings. The maximum Gasteiger partial charge on any atom is 0.322 e. The van der Waals surface area contributed by atoms with Crippen LogP contribution in [-0.4, -0.2) is 56.8 Å². The zero-order valence-corrected chi connectivity index (χ0v) is 18.0. The van der Waals surface area contributed by atoms with Crippen LogP contribution in [0.25, 0.3) is 0 Å². The molecule has 0 atom stereocenters. The van der Waals surface area contributed by atoms with Crippen molar-refractivity contribution in [2.75, 3.05) is 26.4 Å². The molecule has 0 bridgehead atoms. The first-order valence-corrected chi connectivity index (χ1v) is 9.41. The molecule has 152 valence electrons. The lowest BCUT2D eigenvalue weighted by Gasteiger charge is -2.17. The van der Waals surface area contributed by atoms with E-state index in [1.165, 1.54) is 12.1 Å². The summed E-state index contributed by atoms with van der Waals surface area (Å²) in [5, 5.41) is -1.08. The maximum absolute atomic E-state index is 11.7. The van der Waals surface area contributed by atoms with Gasteiger partial charge < -0.3 is 18.9 Å². The summed E-state index contributed by atoms with van der Waals surface area (Å²) in [7, 11) is 5.63. The van der Waals surface area contributed by atoms with Crippen LogP contribution >= 0.6 is 15.9 Å². The summed E-state index contributed by atoms with van der Waals surface area (Å²) in [6, 6.07) is 4.65. The predicted molar refractivity (Wildman–Crippen MR) is 108 cm³/mol. The van der Waals surface area contributed by atoms with Crippen LogP contribution in [0.5, 0.6) is 11.5 Å². The van der Waals surface area contributed by atoms with Crippen LogP contribution in [0.3, 0.4) is 0 Å². The first-order chi connectivity index (χ1) is 12.9. The molecule has 0 aromatic heterocycles. The van der Waals surface area contributed by atoms with Gasteiger partial charge in [0.2, 0.25) is 0 Å². The molecule has 0 saturated heterocycles. The number of carbonyl (C=O) groups is 3. The number of ether oxygens (including phenoxy) is 4. The average molecular weight is 455 g/mol. The average Bonchev–Trinajstić information content (AvgIpc) is 2.60. The molecule has 0 N–H and O–H groups in total. The van der Waals surface area contributed by atoms with Gasteiger partial charge in [0, 0.05) is 16.9 Å². The maximum atomic E-state index is 11.7. The molecule has 28 heavy (non-hydrogen) atoms. The highest BCUT2D eigenvalue weighted by molar-refractivity contribution is 9.10. The molecule has 2 radical (unpaired) electrons. The third-order valence-electron chi connectivity index (χ3n) is 3.22. The van der Waals surface area contributed by atoms with Gasteiger partial charge in [-0.3, -0.25) is 14.4 Å². The highest BCUT2D eigenvalue weighted by Crippen LogP contribution is 2.23. The number of hydrogen-bond acceptors (Lipinski definition) is 7. The Hall–Kier alpha value is -2.03. The lowest BCUT2D eigenvalue weighted by Crippen LogP contribution is -2.28. The number of aldehydes is 1. The van der Waals surface area contributed by atoms with Crippen LogP contribution in [0.4, 0.5) is 0 Å². The normalized spacial score (nSPS) is 11.5. The molecular formula is C19H24BBrO7. The van der Waals surface area contributed by atoms with Crippen molar-refractivity contribution >= 4 is 42.0 Å². The fourth-order valence-corrected chi connectivity index (χ4v) is 1.89. The van der Waals surface area contributed by atoms with Crippen LogP contribution in [-0.2, 0) is 19.1 Å². The minimum Gasteiger partial charge on any atom is -0.490 e. The standard InChI is InChI=1S/C19H24BBrO7/c1-18(2,20)16(23)27-7-5-25-14-9-13(12-22)10-15(11-14)26-6-8-28-17(24)19(3,4)21/h9-12H,5-8H2,1-4H3. The van der Waals surface area contributed by atoms with E-state index in [1.807, 2.05) is 0 Å². The van der Waals surface area contributed by atoms with Crippen molar-refractivity contribution < 1.29 is 33.3 Å². The molecule has 1 aromatic carbocycles. The molecule has 0 amide bonds. The van der Waals surface area contributed by atoms with E-state index in [1.54, 1.807) is 33.8 Å². The molecule has 1 aromatic rings. The van der Waals surface area contributed by atoms with Gasteiger partial charge in [0.25, 0.3) is 0 Å². The van der Waals surface area contributed by atoms with Crippen LogP contribution in [0.2, 0.25) is 5.31 Å². The summed E-state index contributed by atoms with van der Waals surface area (Å²) in [6.07, 6.45) is 0.657. The lowest BCUT2D eigenvalue weighted by atomic mass is 9.73. The summed E-state index contributed by atoms with van der Waals surface area (Å²) in [5.74, 6) is -0.185. The fourth-order valence-electron chi connectivity index (χ4n) is 1.77. The third kappa shape index (κ3) is 8.78. The van der Waals surface area contributed by atoms with Crippen molar-refractivity contribution in [3.05, 3.63) is 23.8 Å². The zero-order valence-electron chi connectivity index (χ0n) is 16.5. The van der Waals surface area contributed by atoms with E-state index in [0.717, 1.165) is 0 Å². The molecule has 9 heteroatoms. The van der Waals surface area contributed by atoms with E-state index in [2.05, 4.69) is 15.9 Å². The Morgan fingerprint density at radius 3 is 1.79 bits per heavy atom. The summed E-state index contributed by atoms with van der Waals surface area (Å²) in [4.78, 5) is 34.3. The number of carbonyl (C=O) groups excluding carboxylic acids is 3. The van der Waals surface area contributed by atoms with E-state index in [9.17, 15) is 14.4 Å². The number of benzene rings is 1. The van der Waals surface area contributed by atoms with Gasteiger partial charge in [0.15, 0.2) is 0 Å². The Morgan fingerprint density at radius 1 is 0.929 bits per heavy atom. The van der Waals surface area contributed by atoms with E-state index < -0.39 is 21.6 Å². The fraction of sp³-hybridized carbons (Fsp3) is 0.526. The van der Waals surface area contributed by atoms with Gasteiger partial charge in [-0.2, -0.15) is 0 Å². The third-order valence-corrected chi connectivity index (χ3v) is 3.54. The summed E-state index contributed by atoms with van der Waals surface area (Å²) in [5.41, 5.74) is 0.353. The molecular weight excluding hydrogens is 431 g/mol. The van der Waals surface area contributed by atoms with Gasteiger partial charge in [-0.15, -0.1) is 0 Å². The molecule has 0 fully saturated rings. The largest absolute Gasteiger partial charge is 0.490 e. The van der Waals surface area contributed by atoms with Gasteiger partial charge in [-0.1, -0.05) is 29.8 Å². The number of hydrogen-bond donors (Lipinski definition) is 0. The van der Waals surface area contributed by atoms with Crippen molar-refractivity contribution in [3.63, 3.8) is 0 Å². The summed E-state index contributed by atoms with van der Waals surface area (Å²) < 4.78 is 20.3. The molecule has 0 aliphatic heterocycles. The lowest BCUT2D eigenvalue weighted by molar-refractivity contribution is -0.147. The number of esters is 2. The molecule has 0 spiro atoms. The van der Waals surface area contributed by atoms with E-state index in [-0.39, 0.29) is 26.4 Å². The number of alkyl halides is 1. The molecule has 0 unspecified atom stereocenters. The second kappa shape index (κ2) is 10.5. The van der Waals surface area contributed by atoms with Crippen LogP contribution < -0.4 is 9.47 Å². The molecule has 7 nitrogen and oxygen atoms in total. The van der Waals surface area contributed by atoms with Gasteiger partial charge in [0.1, 0.15) is 48.5 Å². The Labute approximate surface area is 174 Å². The second-order valence-electron chi connectivity index (χ2n) is 7.02. The van der Waals surface area contributed by atoms with Gasteiger partial charge in [0.05, 0.1) is 7.85 Å². The first kappa shape index (κ1) is 24.0. The zero-order chi connectivity index (χ0) is 21.4. The van der Waals surface area contributed by atoms with E-state index >= 15 is 0 Å². The molecule has 0 heterocycles. The van der Waals surface area contributed by atoms with E-state index in [4.69, 9.17) is 26.8 Å². The van der Waals surface area contributed by atoms with Crippen LogP contribution in [0.15, 0.2) is 18.2 Å². The first-order valence-electron chi connectivity index (χ1n) is 8.61. The summed E-state index contributed by atoms with van der Waals surface area (Å²) >= 11 is 3.21. The van der Waals surface area contributed by atoms with Crippen molar-refractivity contribution in [2.24, 2.45) is 0 Å². The van der Waals surface area contributed by atoms with Gasteiger partial charge >= 0.3 is 11.9 Å². The van der Waals surface area contributed by atoms with Gasteiger partial charge in [-0.05, 0) is 26.0 Å². The second-order valence-corrected chi connectivity index (χ2v) is 9.00. The topological polar surface area (TPSA) is 88.1 Å². The number of halogens is 1. The molecule has 0 saturated carbocycles. The predicted octanol–water partition coefficient (Wildman–Crippen LogP) is 2.88. The summed E-state index contributed by atoms with van der Waals surface area (Å²) in [6.45, 7) is 6.71. The smallest absolute Gasteiger partial charge is 0.322 e. The van der Waals surface area contributed by atoms with Crippen LogP contribution in [0, 0.1) is 0 Å². The minimum absolute atomic E-state index is 0.0131. The Kier molecular flexibility index (Phi) is 9.01. The van der Waals surface area contributed by atoms with Crippen molar-refractivity contribution in [2.45, 2.75) is 37.3 Å². The molecule has 0 aliphatic carbocycles. The Balaban J connectivity index is 2.53. The molecule has 1 rings (SSSR count). The monoisotopic (exact) mass is 454 g/mol. The quantitative estimate of drug-likeness (QED) is 0.167. The van der Waals surface area contributed by atoms with Crippen LogP contribution in [0.1, 0.15) is 38.1 Å². The highest BCUT2D eigenvalue weighted by Gasteiger charge is 2.25. The highest BCUT2D eigenvalue weighted by atomic mass is 79.9. The van der Waals surface area contributed by atoms with Crippen molar-refractivity contribution in [1.29, 1.82) is 0 Å². The van der Waals surface area contributed by atoms with E-state index in [0.29, 0.717) is 23.3 Å². The SMILES string of the molecule is [B]C(C)(C)C(=O)OCCOc1cc(C=O)cc(OCCOC(=O)C(C)(C)Br)c1. The van der Waals surface area contributed by atoms with Crippen molar-refractivity contribution in [1.82, 2.24) is 0 Å².